The van der Waals surface area contributed by atoms with Crippen molar-refractivity contribution in [3.05, 3.63) is 64.1 Å². The summed E-state index contributed by atoms with van der Waals surface area (Å²) in [6, 6.07) is 13.3. The number of ether oxygens (including phenoxy) is 1. The van der Waals surface area contributed by atoms with Gasteiger partial charge in [0.2, 0.25) is 0 Å². The van der Waals surface area contributed by atoms with Crippen LogP contribution < -0.4 is 5.73 Å². The first-order valence-electron chi connectivity index (χ1n) is 7.92. The van der Waals surface area contributed by atoms with Crippen LogP contribution in [0.15, 0.2) is 53.4 Å². The van der Waals surface area contributed by atoms with E-state index >= 15 is 0 Å². The summed E-state index contributed by atoms with van der Waals surface area (Å²) in [6.07, 6.45) is 0. The predicted octanol–water partition coefficient (Wildman–Crippen LogP) is 3.67. The van der Waals surface area contributed by atoms with Crippen LogP contribution in [0.5, 0.6) is 0 Å². The van der Waals surface area contributed by atoms with Crippen LogP contribution in [0.3, 0.4) is 0 Å². The van der Waals surface area contributed by atoms with Crippen molar-refractivity contribution in [2.24, 2.45) is 5.73 Å². The van der Waals surface area contributed by atoms with Gasteiger partial charge in [-0.05, 0) is 48.9 Å². The number of rotatable bonds is 6. The molecule has 0 bridgehead atoms. The van der Waals surface area contributed by atoms with Crippen LogP contribution in [0.2, 0.25) is 10.0 Å². The van der Waals surface area contributed by atoms with Gasteiger partial charge in [0, 0.05) is 22.6 Å². The maximum atomic E-state index is 13.1. The van der Waals surface area contributed by atoms with E-state index in [0.29, 0.717) is 16.7 Å². The zero-order valence-corrected chi connectivity index (χ0v) is 16.0. The van der Waals surface area contributed by atoms with Gasteiger partial charge in [-0.3, -0.25) is 0 Å². The van der Waals surface area contributed by atoms with Gasteiger partial charge in [-0.1, -0.05) is 35.3 Å². The SMILES string of the molecule is CCOC[C@@]1(N)[C@@H](c2cccc(Cl)c2)[C@@H]1S(=O)(=O)c1ccc(Cl)cc1. The average molecular weight is 400 g/mol. The van der Waals surface area contributed by atoms with E-state index in [9.17, 15) is 8.42 Å². The van der Waals surface area contributed by atoms with Crippen molar-refractivity contribution in [1.29, 1.82) is 0 Å². The molecule has 3 atom stereocenters. The Morgan fingerprint density at radius 2 is 1.80 bits per heavy atom. The van der Waals surface area contributed by atoms with E-state index < -0.39 is 20.6 Å². The van der Waals surface area contributed by atoms with Crippen LogP contribution in [0.25, 0.3) is 0 Å². The summed E-state index contributed by atoms with van der Waals surface area (Å²) in [6.45, 7) is 2.48. The van der Waals surface area contributed by atoms with Crippen LogP contribution in [0.1, 0.15) is 18.4 Å². The lowest BCUT2D eigenvalue weighted by atomic mass is 10.1. The van der Waals surface area contributed by atoms with E-state index in [1.807, 2.05) is 13.0 Å². The molecule has 2 aromatic carbocycles. The number of hydrogen-bond donors (Lipinski definition) is 1. The first kappa shape index (κ1) is 18.7. The normalized spacial score (nSPS) is 25.8. The average Bonchev–Trinajstić information content (AvgIpc) is 3.20. The Morgan fingerprint density at radius 3 is 2.40 bits per heavy atom. The Kier molecular flexibility index (Phi) is 5.15. The fourth-order valence-electron chi connectivity index (χ4n) is 3.30. The Bertz CT molecular complexity index is 870. The van der Waals surface area contributed by atoms with Gasteiger partial charge in [0.15, 0.2) is 9.84 Å². The molecule has 2 aromatic rings. The maximum absolute atomic E-state index is 13.1. The van der Waals surface area contributed by atoms with Gasteiger partial charge >= 0.3 is 0 Å². The molecule has 0 heterocycles. The van der Waals surface area contributed by atoms with Gasteiger partial charge in [0.05, 0.1) is 22.3 Å². The summed E-state index contributed by atoms with van der Waals surface area (Å²) in [4.78, 5) is 0.206. The van der Waals surface area contributed by atoms with Crippen molar-refractivity contribution in [2.45, 2.75) is 28.5 Å². The lowest BCUT2D eigenvalue weighted by molar-refractivity contribution is 0.125. The molecule has 0 unspecified atom stereocenters. The molecular weight excluding hydrogens is 381 g/mol. The minimum Gasteiger partial charge on any atom is -0.380 e. The molecule has 0 aliphatic heterocycles. The quantitative estimate of drug-likeness (QED) is 0.804. The molecule has 3 rings (SSSR count). The highest BCUT2D eigenvalue weighted by Crippen LogP contribution is 2.56. The number of benzene rings is 2. The smallest absolute Gasteiger partial charge is 0.183 e. The number of nitrogens with two attached hydrogens (primary N) is 1. The van der Waals surface area contributed by atoms with E-state index in [-0.39, 0.29) is 17.4 Å². The van der Waals surface area contributed by atoms with E-state index in [1.54, 1.807) is 30.3 Å². The summed E-state index contributed by atoms with van der Waals surface area (Å²) in [7, 11) is -3.64. The van der Waals surface area contributed by atoms with Crippen LogP contribution >= 0.6 is 23.2 Å². The first-order valence-corrected chi connectivity index (χ1v) is 10.2. The molecular formula is C18H19Cl2NO3S. The Hall–Kier alpha value is -1.11. The molecule has 2 N–H and O–H groups in total. The standard InChI is InChI=1S/C18H19Cl2NO3S/c1-2-24-11-18(21)16(12-4-3-5-14(20)10-12)17(18)25(22,23)15-8-6-13(19)7-9-15/h3-10,16-17H,2,11,21H2,1H3/t16-,17-,18+/m0/s1. The van der Waals surface area contributed by atoms with Gasteiger partial charge in [-0.15, -0.1) is 0 Å². The summed E-state index contributed by atoms with van der Waals surface area (Å²) in [5.41, 5.74) is 6.30. The van der Waals surface area contributed by atoms with Gasteiger partial charge < -0.3 is 10.5 Å². The van der Waals surface area contributed by atoms with Gasteiger partial charge in [0.1, 0.15) is 0 Å². The Balaban J connectivity index is 2.01. The highest BCUT2D eigenvalue weighted by atomic mass is 35.5. The lowest BCUT2D eigenvalue weighted by Gasteiger charge is -2.12. The van der Waals surface area contributed by atoms with Crippen LogP contribution in [-0.4, -0.2) is 32.4 Å². The minimum atomic E-state index is -3.64. The molecule has 4 nitrogen and oxygen atoms in total. The molecule has 1 aliphatic carbocycles. The molecule has 0 radical (unpaired) electrons. The highest BCUT2D eigenvalue weighted by molar-refractivity contribution is 7.92. The largest absolute Gasteiger partial charge is 0.380 e. The van der Waals surface area contributed by atoms with Gasteiger partial charge in [-0.25, -0.2) is 8.42 Å². The van der Waals surface area contributed by atoms with Crippen molar-refractivity contribution in [3.63, 3.8) is 0 Å². The van der Waals surface area contributed by atoms with Crippen molar-refractivity contribution in [1.82, 2.24) is 0 Å². The fraction of sp³-hybridized carbons (Fsp3) is 0.333. The molecule has 7 heteroatoms. The van der Waals surface area contributed by atoms with Gasteiger partial charge in [-0.2, -0.15) is 0 Å². The van der Waals surface area contributed by atoms with Crippen LogP contribution in [-0.2, 0) is 14.6 Å². The Labute approximate surface area is 157 Å². The molecule has 1 saturated carbocycles. The lowest BCUT2D eigenvalue weighted by Crippen LogP contribution is -2.36. The van der Waals surface area contributed by atoms with E-state index in [0.717, 1.165) is 5.56 Å². The Morgan fingerprint density at radius 1 is 1.12 bits per heavy atom. The molecule has 0 spiro atoms. The zero-order valence-electron chi connectivity index (χ0n) is 13.7. The number of sulfone groups is 1. The summed E-state index contributed by atoms with van der Waals surface area (Å²) in [5, 5.41) is 0.256. The molecule has 134 valence electrons. The third kappa shape index (κ3) is 3.44. The second kappa shape index (κ2) is 6.89. The first-order chi connectivity index (χ1) is 11.8. The molecule has 0 aromatic heterocycles. The van der Waals surface area contributed by atoms with Crippen molar-refractivity contribution in [2.75, 3.05) is 13.2 Å². The number of halogens is 2. The second-order valence-corrected chi connectivity index (χ2v) is 9.14. The van der Waals surface area contributed by atoms with Crippen molar-refractivity contribution in [3.8, 4) is 0 Å². The third-order valence-electron chi connectivity index (χ3n) is 4.54. The molecule has 25 heavy (non-hydrogen) atoms. The maximum Gasteiger partial charge on any atom is 0.183 e. The summed E-state index contributed by atoms with van der Waals surface area (Å²) < 4.78 is 31.8. The topological polar surface area (TPSA) is 69.4 Å². The van der Waals surface area contributed by atoms with Crippen LogP contribution in [0.4, 0.5) is 0 Å². The van der Waals surface area contributed by atoms with Crippen molar-refractivity contribution < 1.29 is 13.2 Å². The molecule has 1 aliphatic rings. The third-order valence-corrected chi connectivity index (χ3v) is 7.34. The highest BCUT2D eigenvalue weighted by Gasteiger charge is 2.69. The van der Waals surface area contributed by atoms with Gasteiger partial charge in [0.25, 0.3) is 0 Å². The molecule has 0 saturated heterocycles. The zero-order chi connectivity index (χ0) is 18.2. The molecule has 0 amide bonds. The monoisotopic (exact) mass is 399 g/mol. The van der Waals surface area contributed by atoms with Crippen LogP contribution in [0, 0.1) is 0 Å². The van der Waals surface area contributed by atoms with Crippen molar-refractivity contribution >= 4 is 33.0 Å². The molecule has 1 fully saturated rings. The van der Waals surface area contributed by atoms with E-state index in [1.165, 1.54) is 12.1 Å². The van der Waals surface area contributed by atoms with E-state index in [4.69, 9.17) is 33.7 Å². The summed E-state index contributed by atoms with van der Waals surface area (Å²) >= 11 is 11.9. The fourth-order valence-corrected chi connectivity index (χ4v) is 5.91. The van der Waals surface area contributed by atoms with E-state index in [2.05, 4.69) is 0 Å². The predicted molar refractivity (Wildman–Crippen MR) is 100 cm³/mol. The minimum absolute atomic E-state index is 0.165. The second-order valence-electron chi connectivity index (χ2n) is 6.20. The number of hydrogen-bond acceptors (Lipinski definition) is 4. The summed E-state index contributed by atoms with van der Waals surface area (Å²) in [5.74, 6) is -0.376.